The minimum Gasteiger partial charge on any atom is -0.341 e. The number of likely N-dealkylation sites (tertiary alicyclic amines) is 1. The lowest BCUT2D eigenvalue weighted by atomic mass is 9.99. The maximum atomic E-state index is 12.3. The number of rotatable bonds is 5. The van der Waals surface area contributed by atoms with E-state index in [0.29, 0.717) is 36.5 Å². The van der Waals surface area contributed by atoms with Gasteiger partial charge in [-0.25, -0.2) is 0 Å². The van der Waals surface area contributed by atoms with Crippen molar-refractivity contribution in [3.8, 4) is 0 Å². The van der Waals surface area contributed by atoms with Crippen LogP contribution in [0.25, 0.3) is 0 Å². The van der Waals surface area contributed by atoms with Gasteiger partial charge in [0.15, 0.2) is 5.82 Å². The molecule has 5 nitrogen and oxygen atoms in total. The Morgan fingerprint density at radius 3 is 2.61 bits per heavy atom. The molecule has 6 heteroatoms. The zero-order valence-corrected chi connectivity index (χ0v) is 14.5. The zero-order valence-electron chi connectivity index (χ0n) is 13.7. The van der Waals surface area contributed by atoms with Gasteiger partial charge in [-0.3, -0.25) is 4.79 Å². The molecule has 1 aliphatic rings. The molecule has 0 atom stereocenters. The van der Waals surface area contributed by atoms with Gasteiger partial charge in [-0.05, 0) is 24.6 Å². The van der Waals surface area contributed by atoms with E-state index in [0.717, 1.165) is 5.56 Å². The van der Waals surface area contributed by atoms with Gasteiger partial charge in [0.1, 0.15) is 0 Å². The molecule has 3 rings (SSSR count). The standard InChI is InChI=1S/C17H21N3O2S/c1-11(2)23-15-6-4-13(5-7-15)8-16(21)20-9-14(10-20)17-18-12(3)19-22-17/h4-7,11,14H,8-10H2,1-3H3. The van der Waals surface area contributed by atoms with Gasteiger partial charge >= 0.3 is 0 Å². The minimum absolute atomic E-state index is 0.154. The van der Waals surface area contributed by atoms with Crippen LogP contribution in [-0.2, 0) is 11.2 Å². The molecule has 1 fully saturated rings. The van der Waals surface area contributed by atoms with E-state index in [2.05, 4.69) is 36.1 Å². The fourth-order valence-electron chi connectivity index (χ4n) is 2.56. The van der Waals surface area contributed by atoms with Gasteiger partial charge in [-0.15, -0.1) is 11.8 Å². The maximum absolute atomic E-state index is 12.3. The van der Waals surface area contributed by atoms with Gasteiger partial charge in [0.2, 0.25) is 11.8 Å². The van der Waals surface area contributed by atoms with Crippen LogP contribution < -0.4 is 0 Å². The molecule has 0 spiro atoms. The lowest BCUT2D eigenvalue weighted by Gasteiger charge is -2.37. The Hall–Kier alpha value is -1.82. The number of carbonyl (C=O) groups excluding carboxylic acids is 1. The third-order valence-electron chi connectivity index (χ3n) is 3.78. The molecule has 1 saturated heterocycles. The first-order valence-corrected chi connectivity index (χ1v) is 8.73. The fraction of sp³-hybridized carbons (Fsp3) is 0.471. The molecule has 0 unspecified atom stereocenters. The van der Waals surface area contributed by atoms with Crippen LogP contribution in [0.5, 0.6) is 0 Å². The second-order valence-electron chi connectivity index (χ2n) is 6.16. The number of benzene rings is 1. The van der Waals surface area contributed by atoms with Crippen LogP contribution in [0.15, 0.2) is 33.7 Å². The van der Waals surface area contributed by atoms with Crippen molar-refractivity contribution in [1.82, 2.24) is 15.0 Å². The summed E-state index contributed by atoms with van der Waals surface area (Å²) in [6, 6.07) is 8.27. The highest BCUT2D eigenvalue weighted by Crippen LogP contribution is 2.27. The number of hydrogen-bond acceptors (Lipinski definition) is 5. The van der Waals surface area contributed by atoms with Crippen molar-refractivity contribution in [2.45, 2.75) is 43.3 Å². The summed E-state index contributed by atoms with van der Waals surface area (Å²) in [6.07, 6.45) is 0.447. The number of hydrogen-bond donors (Lipinski definition) is 0. The van der Waals surface area contributed by atoms with Gasteiger partial charge in [0.05, 0.1) is 12.3 Å². The molecule has 1 amide bonds. The number of amides is 1. The van der Waals surface area contributed by atoms with Crippen molar-refractivity contribution in [1.29, 1.82) is 0 Å². The molecule has 0 N–H and O–H groups in total. The molecule has 1 aromatic carbocycles. The summed E-state index contributed by atoms with van der Waals surface area (Å²) >= 11 is 1.83. The molecule has 122 valence electrons. The summed E-state index contributed by atoms with van der Waals surface area (Å²) in [6.45, 7) is 7.49. The average molecular weight is 331 g/mol. The Morgan fingerprint density at radius 2 is 2.04 bits per heavy atom. The van der Waals surface area contributed by atoms with Gasteiger partial charge in [-0.1, -0.05) is 31.1 Å². The third-order valence-corrected chi connectivity index (χ3v) is 4.79. The number of aromatic nitrogens is 2. The summed E-state index contributed by atoms with van der Waals surface area (Å²) < 4.78 is 5.16. The maximum Gasteiger partial charge on any atom is 0.233 e. The second-order valence-corrected chi connectivity index (χ2v) is 7.81. The van der Waals surface area contributed by atoms with Crippen LogP contribution in [-0.4, -0.2) is 39.3 Å². The highest BCUT2D eigenvalue weighted by atomic mass is 32.2. The summed E-state index contributed by atoms with van der Waals surface area (Å²) in [5, 5.41) is 4.36. The van der Waals surface area contributed by atoms with Crippen LogP contribution in [0.3, 0.4) is 0 Å². The largest absolute Gasteiger partial charge is 0.341 e. The zero-order chi connectivity index (χ0) is 16.4. The number of carbonyl (C=O) groups is 1. The molecule has 23 heavy (non-hydrogen) atoms. The van der Waals surface area contributed by atoms with Gasteiger partial charge < -0.3 is 9.42 Å². The molecule has 0 radical (unpaired) electrons. The van der Waals surface area contributed by atoms with Crippen molar-refractivity contribution >= 4 is 17.7 Å². The van der Waals surface area contributed by atoms with Crippen LogP contribution in [0.1, 0.15) is 37.0 Å². The molecule has 1 aliphatic heterocycles. The summed E-state index contributed by atoms with van der Waals surface area (Å²) in [7, 11) is 0. The number of thioether (sulfide) groups is 1. The van der Waals surface area contributed by atoms with Crippen molar-refractivity contribution < 1.29 is 9.32 Å². The van der Waals surface area contributed by atoms with Gasteiger partial charge in [-0.2, -0.15) is 4.98 Å². The number of nitrogens with zero attached hydrogens (tertiary/aromatic N) is 3. The lowest BCUT2D eigenvalue weighted by Crippen LogP contribution is -2.49. The van der Waals surface area contributed by atoms with E-state index in [-0.39, 0.29) is 11.8 Å². The fourth-order valence-corrected chi connectivity index (χ4v) is 3.40. The number of aryl methyl sites for hydroxylation is 1. The Morgan fingerprint density at radius 1 is 1.35 bits per heavy atom. The Kier molecular flexibility index (Phi) is 4.71. The normalized spacial score (nSPS) is 15.0. The first-order chi connectivity index (χ1) is 11.0. The monoisotopic (exact) mass is 331 g/mol. The van der Waals surface area contributed by atoms with Crippen LogP contribution >= 0.6 is 11.8 Å². The van der Waals surface area contributed by atoms with Gasteiger partial charge in [0.25, 0.3) is 0 Å². The SMILES string of the molecule is Cc1noc(C2CN(C(=O)Cc3ccc(SC(C)C)cc3)C2)n1. The van der Waals surface area contributed by atoms with Crippen molar-refractivity contribution in [2.75, 3.05) is 13.1 Å². The van der Waals surface area contributed by atoms with Crippen molar-refractivity contribution in [3.63, 3.8) is 0 Å². The van der Waals surface area contributed by atoms with Crippen LogP contribution in [0, 0.1) is 6.92 Å². The minimum atomic E-state index is 0.154. The predicted molar refractivity (Wildman–Crippen MR) is 89.5 cm³/mol. The van der Waals surface area contributed by atoms with Crippen molar-refractivity contribution in [2.24, 2.45) is 0 Å². The molecule has 0 aliphatic carbocycles. The molecular formula is C17H21N3O2S. The highest BCUT2D eigenvalue weighted by molar-refractivity contribution is 7.99. The van der Waals surface area contributed by atoms with E-state index in [1.54, 1.807) is 6.92 Å². The third kappa shape index (κ3) is 3.93. The van der Waals surface area contributed by atoms with E-state index in [4.69, 9.17) is 4.52 Å². The molecule has 1 aromatic heterocycles. The molecule has 0 saturated carbocycles. The van der Waals surface area contributed by atoms with Crippen molar-refractivity contribution in [3.05, 3.63) is 41.5 Å². The Bertz CT molecular complexity index is 675. The molecular weight excluding hydrogens is 310 g/mol. The average Bonchev–Trinajstić information content (AvgIpc) is 2.85. The van der Waals surface area contributed by atoms with E-state index in [1.807, 2.05) is 28.8 Å². The summed E-state index contributed by atoms with van der Waals surface area (Å²) in [4.78, 5) is 19.6. The van der Waals surface area contributed by atoms with E-state index in [1.165, 1.54) is 4.90 Å². The van der Waals surface area contributed by atoms with Crippen LogP contribution in [0.4, 0.5) is 0 Å². The van der Waals surface area contributed by atoms with E-state index in [9.17, 15) is 4.79 Å². The van der Waals surface area contributed by atoms with E-state index >= 15 is 0 Å². The second kappa shape index (κ2) is 6.74. The summed E-state index contributed by atoms with van der Waals surface area (Å²) in [5.41, 5.74) is 1.06. The summed E-state index contributed by atoms with van der Waals surface area (Å²) in [5.74, 6) is 1.62. The highest BCUT2D eigenvalue weighted by Gasteiger charge is 2.35. The quantitative estimate of drug-likeness (QED) is 0.788. The topological polar surface area (TPSA) is 59.2 Å². The van der Waals surface area contributed by atoms with Gasteiger partial charge in [0, 0.05) is 23.2 Å². The Labute approximate surface area is 140 Å². The lowest BCUT2D eigenvalue weighted by molar-refractivity contribution is -0.135. The first-order valence-electron chi connectivity index (χ1n) is 7.85. The predicted octanol–water partition coefficient (Wildman–Crippen LogP) is 3.05. The molecule has 2 heterocycles. The molecule has 0 bridgehead atoms. The first kappa shape index (κ1) is 16.1. The van der Waals surface area contributed by atoms with Crippen LogP contribution in [0.2, 0.25) is 0 Å². The smallest absolute Gasteiger partial charge is 0.233 e. The van der Waals surface area contributed by atoms with E-state index < -0.39 is 0 Å². The molecule has 2 aromatic rings. The Balaban J connectivity index is 1.50.